The summed E-state index contributed by atoms with van der Waals surface area (Å²) in [6.45, 7) is 0.452. The van der Waals surface area contributed by atoms with Gasteiger partial charge >= 0.3 is 18.0 Å². The Hall–Kier alpha value is -2.15. The van der Waals surface area contributed by atoms with Crippen LogP contribution < -0.4 is 27.6 Å². The van der Waals surface area contributed by atoms with Crippen molar-refractivity contribution < 1.29 is 30.7 Å². The van der Waals surface area contributed by atoms with Crippen LogP contribution in [0.4, 0.5) is 30.7 Å². The lowest BCUT2D eigenvalue weighted by molar-refractivity contribution is -0.310. The topological polar surface area (TPSA) is 84.1 Å². The Morgan fingerprint density at radius 1 is 1.06 bits per heavy atom. The Labute approximate surface area is 176 Å². The highest BCUT2D eigenvalue weighted by atomic mass is 19.4. The summed E-state index contributed by atoms with van der Waals surface area (Å²) in [5.74, 6) is -2.03. The van der Waals surface area contributed by atoms with Gasteiger partial charge in [-0.3, -0.25) is 19.2 Å². The van der Waals surface area contributed by atoms with E-state index in [1.165, 1.54) is 16.4 Å². The Balaban J connectivity index is 1.78. The third-order valence-electron chi connectivity index (χ3n) is 6.73. The van der Waals surface area contributed by atoms with Crippen LogP contribution in [0.25, 0.3) is 11.6 Å². The van der Waals surface area contributed by atoms with Gasteiger partial charge in [0.15, 0.2) is 0 Å². The molecule has 2 aliphatic carbocycles. The number of hydrogen-bond acceptors (Lipinski definition) is 4. The van der Waals surface area contributed by atoms with Gasteiger partial charge in [-0.1, -0.05) is 0 Å². The lowest BCUT2D eigenvalue weighted by Gasteiger charge is -2.39. The van der Waals surface area contributed by atoms with Crippen LogP contribution >= 0.6 is 0 Å². The standard InChI is InChI=1S/C19H21F7N4O2/c1-8-13-11(15(31)28-16(32)30(13)10-2-3-10)6-12(20)14(8)29-5-4-9(7-29)17(27,18(21,22)23)19(24,25)26/h6,9-10,12,14H,2-5,7,27H2,1H3,(H,28,31,32). The molecule has 32 heavy (non-hydrogen) atoms. The van der Waals surface area contributed by atoms with Gasteiger partial charge in [-0.25, -0.2) is 9.18 Å². The van der Waals surface area contributed by atoms with E-state index in [1.54, 1.807) is 0 Å². The minimum absolute atomic E-state index is 0.0627. The number of aromatic amines is 1. The van der Waals surface area contributed by atoms with Crippen molar-refractivity contribution in [2.75, 3.05) is 13.1 Å². The smallest absolute Gasteiger partial charge is 0.310 e. The van der Waals surface area contributed by atoms with Crippen LogP contribution in [0.2, 0.25) is 0 Å². The fraction of sp³-hybridized carbons (Fsp3) is 0.684. The van der Waals surface area contributed by atoms with Crippen LogP contribution in [-0.4, -0.2) is 57.6 Å². The first-order chi connectivity index (χ1) is 14.7. The first-order valence-electron chi connectivity index (χ1n) is 10.1. The van der Waals surface area contributed by atoms with Crippen molar-refractivity contribution >= 4 is 11.6 Å². The van der Waals surface area contributed by atoms with Crippen LogP contribution in [0.5, 0.6) is 0 Å². The second kappa shape index (κ2) is 7.17. The van der Waals surface area contributed by atoms with E-state index >= 15 is 4.39 Å². The van der Waals surface area contributed by atoms with Crippen LogP contribution in [-0.2, 0) is 0 Å². The SMILES string of the molecule is CC1=c2c(c(=O)[nH]c(=O)n2C2CC2)=CC(F)C1N1CCC(C(N)(C(F)(F)F)C(F)(F)F)C1. The summed E-state index contributed by atoms with van der Waals surface area (Å²) in [5, 5.41) is 0.113. The third-order valence-corrected chi connectivity index (χ3v) is 6.73. The molecule has 2 heterocycles. The molecule has 13 heteroatoms. The molecule has 3 N–H and O–H groups in total. The average Bonchev–Trinajstić information content (AvgIpc) is 3.37. The number of hydrogen-bond donors (Lipinski definition) is 2. The van der Waals surface area contributed by atoms with E-state index in [0.717, 1.165) is 6.08 Å². The predicted octanol–water partition coefficient (Wildman–Crippen LogP) is 0.687. The molecule has 3 atom stereocenters. The molecule has 2 fully saturated rings. The molecule has 0 aromatic carbocycles. The summed E-state index contributed by atoms with van der Waals surface area (Å²) in [4.78, 5) is 27.9. The van der Waals surface area contributed by atoms with Gasteiger partial charge < -0.3 is 5.73 Å². The summed E-state index contributed by atoms with van der Waals surface area (Å²) in [7, 11) is 0. The summed E-state index contributed by atoms with van der Waals surface area (Å²) in [6, 6.07) is -1.42. The van der Waals surface area contributed by atoms with E-state index in [1.807, 2.05) is 0 Å². The van der Waals surface area contributed by atoms with Gasteiger partial charge in [-0.05, 0) is 44.4 Å². The fourth-order valence-electron chi connectivity index (χ4n) is 4.94. The van der Waals surface area contributed by atoms with E-state index in [0.29, 0.717) is 12.8 Å². The van der Waals surface area contributed by atoms with Crippen LogP contribution in [0.3, 0.4) is 0 Å². The first kappa shape index (κ1) is 23.0. The molecule has 0 amide bonds. The Kier molecular flexibility index (Phi) is 5.16. The maximum Gasteiger partial charge on any atom is 0.415 e. The van der Waals surface area contributed by atoms with Crippen molar-refractivity contribution in [3.8, 4) is 0 Å². The average molecular weight is 470 g/mol. The minimum Gasteiger partial charge on any atom is -0.310 e. The quantitative estimate of drug-likeness (QED) is 0.637. The Morgan fingerprint density at radius 2 is 1.66 bits per heavy atom. The molecule has 0 radical (unpaired) electrons. The summed E-state index contributed by atoms with van der Waals surface area (Å²) in [6.07, 6.45) is -11.6. The zero-order valence-corrected chi connectivity index (χ0v) is 16.9. The zero-order chi connectivity index (χ0) is 23.8. The van der Waals surface area contributed by atoms with Crippen molar-refractivity contribution in [1.29, 1.82) is 0 Å². The van der Waals surface area contributed by atoms with Crippen molar-refractivity contribution in [1.82, 2.24) is 14.5 Å². The predicted molar refractivity (Wildman–Crippen MR) is 99.8 cm³/mol. The largest absolute Gasteiger partial charge is 0.415 e. The van der Waals surface area contributed by atoms with Crippen LogP contribution in [0, 0.1) is 5.92 Å². The number of likely N-dealkylation sites (tertiary alicyclic amines) is 1. The van der Waals surface area contributed by atoms with Gasteiger partial charge in [0.25, 0.3) is 5.56 Å². The van der Waals surface area contributed by atoms with E-state index in [2.05, 4.69) is 4.98 Å². The van der Waals surface area contributed by atoms with Crippen LogP contribution in [0.15, 0.2) is 9.59 Å². The molecule has 3 unspecified atom stereocenters. The summed E-state index contributed by atoms with van der Waals surface area (Å²) in [5.41, 5.74) is -0.767. The zero-order valence-electron chi connectivity index (χ0n) is 16.9. The van der Waals surface area contributed by atoms with E-state index in [-0.39, 0.29) is 28.7 Å². The molecule has 4 rings (SSSR count). The van der Waals surface area contributed by atoms with Crippen molar-refractivity contribution in [3.05, 3.63) is 31.4 Å². The second-order valence-electron chi connectivity index (χ2n) is 8.71. The number of nitrogens with zero attached hydrogens (tertiary/aromatic N) is 2. The molecule has 0 bridgehead atoms. The van der Waals surface area contributed by atoms with Gasteiger partial charge in [-0.2, -0.15) is 26.3 Å². The maximum absolute atomic E-state index is 15.1. The molecule has 1 aromatic rings. The maximum atomic E-state index is 15.1. The van der Waals surface area contributed by atoms with Crippen molar-refractivity contribution in [3.63, 3.8) is 0 Å². The molecular formula is C19H21F7N4O2. The van der Waals surface area contributed by atoms with Crippen LogP contribution in [0.1, 0.15) is 32.2 Å². The molecule has 178 valence electrons. The van der Waals surface area contributed by atoms with Gasteiger partial charge in [0, 0.05) is 18.5 Å². The minimum atomic E-state index is -5.75. The van der Waals surface area contributed by atoms with Gasteiger partial charge in [0.1, 0.15) is 6.17 Å². The molecule has 1 aliphatic heterocycles. The summed E-state index contributed by atoms with van der Waals surface area (Å²) >= 11 is 0. The molecule has 1 saturated carbocycles. The number of alkyl halides is 7. The first-order valence-corrected chi connectivity index (χ1v) is 10.1. The highest BCUT2D eigenvalue weighted by Gasteiger charge is 2.72. The lowest BCUT2D eigenvalue weighted by Crippen LogP contribution is -2.68. The molecule has 1 saturated heterocycles. The number of nitrogens with one attached hydrogen (secondary N) is 1. The van der Waals surface area contributed by atoms with Crippen molar-refractivity contribution in [2.24, 2.45) is 11.7 Å². The number of nitrogens with two attached hydrogens (primary N) is 1. The van der Waals surface area contributed by atoms with Crippen molar-refractivity contribution in [2.45, 2.75) is 62.3 Å². The molecule has 3 aliphatic rings. The highest BCUT2D eigenvalue weighted by molar-refractivity contribution is 5.56. The van der Waals surface area contributed by atoms with Gasteiger partial charge in [-0.15, -0.1) is 0 Å². The third kappa shape index (κ3) is 3.31. The summed E-state index contributed by atoms with van der Waals surface area (Å²) < 4.78 is 96.7. The van der Waals surface area contributed by atoms with E-state index in [4.69, 9.17) is 5.73 Å². The normalized spacial score (nSPS) is 27.4. The molecular weight excluding hydrogens is 449 g/mol. The second-order valence-corrected chi connectivity index (χ2v) is 8.71. The number of halogens is 7. The van der Waals surface area contributed by atoms with E-state index in [9.17, 15) is 35.9 Å². The monoisotopic (exact) mass is 470 g/mol. The highest BCUT2D eigenvalue weighted by Crippen LogP contribution is 2.49. The molecule has 0 spiro atoms. The van der Waals surface area contributed by atoms with E-state index < -0.39 is 60.2 Å². The number of fused-ring (bicyclic) bond motifs is 1. The number of aromatic nitrogens is 2. The molecule has 6 nitrogen and oxygen atoms in total. The number of rotatable bonds is 3. The molecule has 1 aromatic heterocycles. The lowest BCUT2D eigenvalue weighted by atomic mass is 9.82. The Morgan fingerprint density at radius 3 is 2.19 bits per heavy atom. The number of H-pyrrole nitrogens is 1. The van der Waals surface area contributed by atoms with Gasteiger partial charge in [0.2, 0.25) is 5.54 Å². The Bertz CT molecular complexity index is 1150. The van der Waals surface area contributed by atoms with Gasteiger partial charge in [0.05, 0.1) is 16.6 Å². The fourth-order valence-corrected chi connectivity index (χ4v) is 4.94.